The molecule has 5 heteroatoms. The molecule has 0 fully saturated rings. The van der Waals surface area contributed by atoms with Gasteiger partial charge in [-0.2, -0.15) is 0 Å². The maximum absolute atomic E-state index is 12.5. The van der Waals surface area contributed by atoms with Gasteiger partial charge in [0.25, 0.3) is 5.91 Å². The van der Waals surface area contributed by atoms with E-state index in [2.05, 4.69) is 30.1 Å². The van der Waals surface area contributed by atoms with Crippen LogP contribution >= 0.6 is 11.6 Å². The van der Waals surface area contributed by atoms with E-state index in [1.165, 1.54) is 0 Å². The molecule has 2 aromatic rings. The van der Waals surface area contributed by atoms with Crippen molar-refractivity contribution in [3.63, 3.8) is 0 Å². The number of benzene rings is 2. The number of hydrogen-bond acceptors (Lipinski definition) is 3. The summed E-state index contributed by atoms with van der Waals surface area (Å²) in [5, 5.41) is 3.38. The maximum Gasteiger partial charge on any atom is 0.255 e. The number of aryl methyl sites for hydroxylation is 1. The Morgan fingerprint density at radius 2 is 1.84 bits per heavy atom. The van der Waals surface area contributed by atoms with E-state index in [-0.39, 0.29) is 5.91 Å². The van der Waals surface area contributed by atoms with E-state index < -0.39 is 0 Å². The Kier molecular flexibility index (Phi) is 6.71. The van der Waals surface area contributed by atoms with Gasteiger partial charge < -0.3 is 15.0 Å². The Morgan fingerprint density at radius 3 is 2.40 bits per heavy atom. The van der Waals surface area contributed by atoms with Crippen LogP contribution in [0.15, 0.2) is 36.4 Å². The van der Waals surface area contributed by atoms with E-state index in [9.17, 15) is 4.79 Å². The molecule has 0 bridgehead atoms. The summed E-state index contributed by atoms with van der Waals surface area (Å²) in [5.74, 6) is 0.393. The number of halogens is 1. The fourth-order valence-electron chi connectivity index (χ4n) is 2.68. The van der Waals surface area contributed by atoms with E-state index in [1.54, 1.807) is 18.2 Å². The van der Waals surface area contributed by atoms with Gasteiger partial charge in [-0.3, -0.25) is 4.79 Å². The lowest BCUT2D eigenvalue weighted by atomic mass is 10.1. The molecule has 0 radical (unpaired) electrons. The van der Waals surface area contributed by atoms with Crippen LogP contribution in [0.3, 0.4) is 0 Å². The minimum absolute atomic E-state index is 0.191. The predicted molar refractivity (Wildman–Crippen MR) is 105 cm³/mol. The Morgan fingerprint density at radius 1 is 1.12 bits per heavy atom. The fourth-order valence-corrected chi connectivity index (χ4v) is 2.92. The van der Waals surface area contributed by atoms with Crippen molar-refractivity contribution in [1.82, 2.24) is 0 Å². The molecule has 0 aliphatic rings. The van der Waals surface area contributed by atoms with Crippen LogP contribution in [0.4, 0.5) is 11.4 Å². The molecule has 25 heavy (non-hydrogen) atoms. The summed E-state index contributed by atoms with van der Waals surface area (Å²) in [5.41, 5.74) is 3.48. The van der Waals surface area contributed by atoms with E-state index in [4.69, 9.17) is 16.3 Å². The van der Waals surface area contributed by atoms with Gasteiger partial charge in [0.2, 0.25) is 0 Å². The first-order chi connectivity index (χ1) is 12.0. The van der Waals surface area contributed by atoms with Crippen LogP contribution in [-0.4, -0.2) is 25.6 Å². The number of carbonyl (C=O) groups is 1. The molecule has 1 amide bonds. The van der Waals surface area contributed by atoms with E-state index in [1.807, 2.05) is 26.0 Å². The summed E-state index contributed by atoms with van der Waals surface area (Å²) in [6, 6.07) is 11.1. The van der Waals surface area contributed by atoms with Crippen LogP contribution in [-0.2, 0) is 0 Å². The van der Waals surface area contributed by atoms with Crippen LogP contribution in [0.2, 0.25) is 5.02 Å². The van der Waals surface area contributed by atoms with Crippen molar-refractivity contribution < 1.29 is 9.53 Å². The van der Waals surface area contributed by atoms with Gasteiger partial charge in [0, 0.05) is 30.0 Å². The first-order valence-electron chi connectivity index (χ1n) is 8.59. The minimum Gasteiger partial charge on any atom is -0.492 e. The van der Waals surface area contributed by atoms with Gasteiger partial charge >= 0.3 is 0 Å². The molecule has 0 aliphatic heterocycles. The molecule has 0 atom stereocenters. The fraction of sp³-hybridized carbons (Fsp3) is 0.350. The zero-order valence-electron chi connectivity index (χ0n) is 15.2. The molecule has 0 aliphatic carbocycles. The predicted octanol–water partition coefficient (Wildman–Crippen LogP) is 5.15. The lowest BCUT2D eigenvalue weighted by Crippen LogP contribution is -2.22. The van der Waals surface area contributed by atoms with Crippen molar-refractivity contribution in [3.8, 4) is 5.75 Å². The zero-order chi connectivity index (χ0) is 18.4. The van der Waals surface area contributed by atoms with Gasteiger partial charge in [0.1, 0.15) is 5.75 Å². The molecule has 0 unspecified atom stereocenters. The number of carbonyl (C=O) groups excluding carboxylic acids is 1. The summed E-state index contributed by atoms with van der Waals surface area (Å²) in [6.45, 7) is 10.6. The lowest BCUT2D eigenvalue weighted by Gasteiger charge is -2.22. The highest BCUT2D eigenvalue weighted by Gasteiger charge is 2.12. The average molecular weight is 361 g/mol. The van der Waals surface area contributed by atoms with Crippen molar-refractivity contribution in [3.05, 3.63) is 52.5 Å². The molecular weight excluding hydrogens is 336 g/mol. The molecule has 0 spiro atoms. The Balaban J connectivity index is 2.16. The minimum atomic E-state index is -0.191. The van der Waals surface area contributed by atoms with E-state index in [0.717, 1.165) is 30.0 Å². The number of rotatable bonds is 7. The van der Waals surface area contributed by atoms with Gasteiger partial charge in [0.05, 0.1) is 11.6 Å². The second-order valence-corrected chi connectivity index (χ2v) is 6.11. The Hall–Kier alpha value is -2.20. The molecule has 0 aromatic heterocycles. The summed E-state index contributed by atoms with van der Waals surface area (Å²) in [7, 11) is 0. The first-order valence-corrected chi connectivity index (χ1v) is 8.97. The van der Waals surface area contributed by atoms with Crippen LogP contribution in [0.1, 0.15) is 36.7 Å². The van der Waals surface area contributed by atoms with Crippen LogP contribution in [0.25, 0.3) is 0 Å². The van der Waals surface area contributed by atoms with Crippen LogP contribution in [0.5, 0.6) is 5.75 Å². The standard InChI is InChI=1S/C20H25ClN2O2/c1-5-23(6-2)16-9-10-18(14(4)12-16)22-20(24)15-8-11-19(25-7-3)17(21)13-15/h8-13H,5-7H2,1-4H3,(H,22,24). The summed E-state index contributed by atoms with van der Waals surface area (Å²) >= 11 is 6.16. The highest BCUT2D eigenvalue weighted by Crippen LogP contribution is 2.27. The molecule has 0 saturated carbocycles. The van der Waals surface area contributed by atoms with Crippen LogP contribution in [0, 0.1) is 6.92 Å². The number of nitrogens with zero attached hydrogens (tertiary/aromatic N) is 1. The quantitative estimate of drug-likeness (QED) is 0.742. The third-order valence-electron chi connectivity index (χ3n) is 4.08. The molecule has 4 nitrogen and oxygen atoms in total. The van der Waals surface area contributed by atoms with E-state index >= 15 is 0 Å². The van der Waals surface area contributed by atoms with E-state index in [0.29, 0.717) is 22.9 Å². The van der Waals surface area contributed by atoms with Crippen molar-refractivity contribution in [1.29, 1.82) is 0 Å². The van der Waals surface area contributed by atoms with Crippen molar-refractivity contribution in [2.45, 2.75) is 27.7 Å². The maximum atomic E-state index is 12.5. The topological polar surface area (TPSA) is 41.6 Å². The largest absolute Gasteiger partial charge is 0.492 e. The summed E-state index contributed by atoms with van der Waals surface area (Å²) in [6.07, 6.45) is 0. The third kappa shape index (κ3) is 4.67. The molecule has 2 aromatic carbocycles. The summed E-state index contributed by atoms with van der Waals surface area (Å²) in [4.78, 5) is 14.8. The molecule has 0 heterocycles. The number of ether oxygens (including phenoxy) is 1. The smallest absolute Gasteiger partial charge is 0.255 e. The second-order valence-electron chi connectivity index (χ2n) is 5.70. The second kappa shape index (κ2) is 8.77. The number of nitrogens with one attached hydrogen (secondary N) is 1. The molecule has 0 saturated heterocycles. The first kappa shape index (κ1) is 19.1. The van der Waals surface area contributed by atoms with Crippen molar-refractivity contribution in [2.24, 2.45) is 0 Å². The summed E-state index contributed by atoms with van der Waals surface area (Å²) < 4.78 is 5.40. The van der Waals surface area contributed by atoms with Gasteiger partial charge in [-0.25, -0.2) is 0 Å². The van der Waals surface area contributed by atoms with Crippen molar-refractivity contribution in [2.75, 3.05) is 29.9 Å². The number of hydrogen-bond donors (Lipinski definition) is 1. The van der Waals surface area contributed by atoms with Gasteiger partial charge in [-0.05, 0) is 69.7 Å². The number of anilines is 2. The monoisotopic (exact) mass is 360 g/mol. The Bertz CT molecular complexity index is 742. The lowest BCUT2D eigenvalue weighted by molar-refractivity contribution is 0.102. The van der Waals surface area contributed by atoms with Gasteiger partial charge in [-0.15, -0.1) is 0 Å². The normalized spacial score (nSPS) is 10.4. The molecule has 2 rings (SSSR count). The zero-order valence-corrected chi connectivity index (χ0v) is 16.0. The molecule has 1 N–H and O–H groups in total. The van der Waals surface area contributed by atoms with Gasteiger partial charge in [-0.1, -0.05) is 11.6 Å². The number of amides is 1. The van der Waals surface area contributed by atoms with Gasteiger partial charge in [0.15, 0.2) is 0 Å². The molecule has 134 valence electrons. The Labute approximate surface area is 154 Å². The van der Waals surface area contributed by atoms with Crippen LogP contribution < -0.4 is 15.0 Å². The van der Waals surface area contributed by atoms with Crippen molar-refractivity contribution >= 4 is 28.9 Å². The highest BCUT2D eigenvalue weighted by atomic mass is 35.5. The highest BCUT2D eigenvalue weighted by molar-refractivity contribution is 6.32. The molecular formula is C20H25ClN2O2. The third-order valence-corrected chi connectivity index (χ3v) is 4.38. The average Bonchev–Trinajstić information content (AvgIpc) is 2.60. The SMILES string of the molecule is CCOc1ccc(C(=O)Nc2ccc(N(CC)CC)cc2C)cc1Cl.